The molecule has 1 heteroatoms. The molecule has 0 bridgehead atoms. The van der Waals surface area contributed by atoms with Crippen LogP contribution < -0.4 is 0 Å². The molecule has 26 heavy (non-hydrogen) atoms. The lowest BCUT2D eigenvalue weighted by Gasteiger charge is -2.23. The fraction of sp³-hybridized carbons (Fsp3) is 0.840. The van der Waals surface area contributed by atoms with Crippen molar-refractivity contribution in [3.8, 4) is 0 Å². The molecule has 0 aliphatic rings. The van der Waals surface area contributed by atoms with E-state index in [1.54, 1.807) is 0 Å². The number of hydrogen-bond acceptors (Lipinski definition) is 1. The highest BCUT2D eigenvalue weighted by Gasteiger charge is 2.08. The van der Waals surface area contributed by atoms with Crippen molar-refractivity contribution in [1.29, 1.82) is 0 Å². The van der Waals surface area contributed by atoms with Crippen LogP contribution in [0.3, 0.4) is 0 Å². The van der Waals surface area contributed by atoms with Crippen molar-refractivity contribution in [3.05, 3.63) is 24.3 Å². The largest absolute Gasteiger partial charge is 0.306 e. The zero-order chi connectivity index (χ0) is 19.3. The Morgan fingerprint density at radius 2 is 1.12 bits per heavy atom. The lowest BCUT2D eigenvalue weighted by molar-refractivity contribution is 0.256. The van der Waals surface area contributed by atoms with Crippen LogP contribution in [0.1, 0.15) is 117 Å². The van der Waals surface area contributed by atoms with Gasteiger partial charge in [-0.2, -0.15) is 0 Å². The third kappa shape index (κ3) is 18.2. The van der Waals surface area contributed by atoms with Crippen LogP contribution in [-0.2, 0) is 0 Å². The van der Waals surface area contributed by atoms with E-state index < -0.39 is 0 Å². The third-order valence-corrected chi connectivity index (χ3v) is 5.34. The Kier molecular flexibility index (Phi) is 20.3. The van der Waals surface area contributed by atoms with Gasteiger partial charge in [0.2, 0.25) is 0 Å². The Hall–Kier alpha value is -0.560. The Morgan fingerprint density at radius 1 is 0.577 bits per heavy atom. The molecule has 0 aromatic heterocycles. The second-order valence-electron chi connectivity index (χ2n) is 8.13. The van der Waals surface area contributed by atoms with Crippen LogP contribution in [0.5, 0.6) is 0 Å². The van der Waals surface area contributed by atoms with Crippen molar-refractivity contribution >= 4 is 0 Å². The Balaban J connectivity index is 3.32. The van der Waals surface area contributed by atoms with E-state index in [9.17, 15) is 0 Å². The lowest BCUT2D eigenvalue weighted by atomic mass is 10.0. The molecule has 0 fully saturated rings. The average Bonchev–Trinajstić information content (AvgIpc) is 2.63. The molecular formula is C25H49N. The molecule has 1 nitrogen and oxygen atoms in total. The number of unbranched alkanes of at least 4 members (excludes halogenated alkanes) is 10. The maximum Gasteiger partial charge on any atom is 0.00890 e. The molecule has 1 atom stereocenters. The predicted molar refractivity (Wildman–Crippen MR) is 121 cm³/mol. The fourth-order valence-corrected chi connectivity index (χ4v) is 3.54. The summed E-state index contributed by atoms with van der Waals surface area (Å²) in [6.45, 7) is 4.57. The summed E-state index contributed by atoms with van der Waals surface area (Å²) in [6.07, 6.45) is 31.1. The van der Waals surface area contributed by atoms with Crippen LogP contribution in [0.15, 0.2) is 24.3 Å². The van der Waals surface area contributed by atoms with E-state index in [-0.39, 0.29) is 0 Å². The minimum Gasteiger partial charge on any atom is -0.306 e. The SMILES string of the molecule is CCCCC/C=C\CC=CCCCCCCCCCC(CCC)N(C)C. The summed E-state index contributed by atoms with van der Waals surface area (Å²) in [5.74, 6) is 0. The van der Waals surface area contributed by atoms with Gasteiger partial charge in [-0.25, -0.2) is 0 Å². The molecule has 0 spiro atoms. The zero-order valence-corrected chi connectivity index (χ0v) is 18.6. The van der Waals surface area contributed by atoms with Gasteiger partial charge in [-0.1, -0.05) is 95.9 Å². The minimum atomic E-state index is 0.804. The van der Waals surface area contributed by atoms with Crippen LogP contribution in [0.25, 0.3) is 0 Å². The first-order chi connectivity index (χ1) is 12.7. The highest BCUT2D eigenvalue weighted by Crippen LogP contribution is 2.15. The predicted octanol–water partition coefficient (Wildman–Crippen LogP) is 8.31. The Labute approximate surface area is 166 Å². The minimum absolute atomic E-state index is 0.804. The molecule has 0 aromatic carbocycles. The number of hydrogen-bond donors (Lipinski definition) is 0. The Morgan fingerprint density at radius 3 is 1.65 bits per heavy atom. The lowest BCUT2D eigenvalue weighted by Crippen LogP contribution is -2.27. The molecule has 0 saturated heterocycles. The molecule has 154 valence electrons. The maximum atomic E-state index is 2.42. The Bertz CT molecular complexity index is 316. The summed E-state index contributed by atoms with van der Waals surface area (Å²) < 4.78 is 0. The van der Waals surface area contributed by atoms with Crippen LogP contribution in [0, 0.1) is 0 Å². The zero-order valence-electron chi connectivity index (χ0n) is 18.6. The van der Waals surface area contributed by atoms with Gasteiger partial charge in [0.1, 0.15) is 0 Å². The van der Waals surface area contributed by atoms with Gasteiger partial charge in [0.15, 0.2) is 0 Å². The summed E-state index contributed by atoms with van der Waals surface area (Å²) in [5, 5.41) is 0. The summed E-state index contributed by atoms with van der Waals surface area (Å²) in [4.78, 5) is 2.42. The van der Waals surface area contributed by atoms with Gasteiger partial charge in [-0.05, 0) is 59.0 Å². The normalized spacial score (nSPS) is 13.4. The first kappa shape index (κ1) is 25.4. The van der Waals surface area contributed by atoms with Gasteiger partial charge in [0.05, 0.1) is 0 Å². The highest BCUT2D eigenvalue weighted by molar-refractivity contribution is 4.92. The number of nitrogens with zero attached hydrogens (tertiary/aromatic N) is 1. The molecule has 1 unspecified atom stereocenters. The second kappa shape index (κ2) is 20.7. The molecule has 0 aromatic rings. The molecule has 0 aliphatic carbocycles. The molecule has 0 N–H and O–H groups in total. The van der Waals surface area contributed by atoms with Gasteiger partial charge in [-0.3, -0.25) is 0 Å². The topological polar surface area (TPSA) is 3.24 Å². The fourth-order valence-electron chi connectivity index (χ4n) is 3.54. The van der Waals surface area contributed by atoms with E-state index in [4.69, 9.17) is 0 Å². The van der Waals surface area contributed by atoms with E-state index in [0.29, 0.717) is 0 Å². The van der Waals surface area contributed by atoms with Gasteiger partial charge in [0.25, 0.3) is 0 Å². The van der Waals surface area contributed by atoms with E-state index in [1.807, 2.05) is 0 Å². The first-order valence-corrected chi connectivity index (χ1v) is 11.7. The summed E-state index contributed by atoms with van der Waals surface area (Å²) in [7, 11) is 4.47. The van der Waals surface area contributed by atoms with Crippen molar-refractivity contribution in [2.45, 2.75) is 123 Å². The summed E-state index contributed by atoms with van der Waals surface area (Å²) in [6, 6.07) is 0.804. The van der Waals surface area contributed by atoms with Gasteiger partial charge < -0.3 is 4.90 Å². The van der Waals surface area contributed by atoms with E-state index in [1.165, 1.54) is 96.3 Å². The van der Waals surface area contributed by atoms with Gasteiger partial charge >= 0.3 is 0 Å². The van der Waals surface area contributed by atoms with Crippen molar-refractivity contribution in [2.24, 2.45) is 0 Å². The van der Waals surface area contributed by atoms with Gasteiger partial charge in [-0.15, -0.1) is 0 Å². The first-order valence-electron chi connectivity index (χ1n) is 11.7. The van der Waals surface area contributed by atoms with Crippen LogP contribution in [0.2, 0.25) is 0 Å². The van der Waals surface area contributed by atoms with Crippen LogP contribution in [0.4, 0.5) is 0 Å². The van der Waals surface area contributed by atoms with Crippen molar-refractivity contribution in [1.82, 2.24) is 4.90 Å². The highest BCUT2D eigenvalue weighted by atomic mass is 15.1. The quantitative estimate of drug-likeness (QED) is 0.165. The standard InChI is InChI=1S/C25H49N/c1-5-7-8-9-10-11-12-13-14-15-16-17-18-19-20-21-22-24-25(23-6-2)26(3)4/h10-11,13-14,25H,5-9,12,15-24H2,1-4H3/b11-10-,14-13?. The molecule has 0 rings (SSSR count). The van der Waals surface area contributed by atoms with E-state index >= 15 is 0 Å². The van der Waals surface area contributed by atoms with Gasteiger partial charge in [0, 0.05) is 6.04 Å². The molecule has 0 aliphatic heterocycles. The van der Waals surface area contributed by atoms with Crippen LogP contribution >= 0.6 is 0 Å². The smallest absolute Gasteiger partial charge is 0.00890 e. The van der Waals surface area contributed by atoms with Crippen molar-refractivity contribution in [3.63, 3.8) is 0 Å². The van der Waals surface area contributed by atoms with E-state index in [0.717, 1.165) is 12.5 Å². The molecule has 0 heterocycles. The molecule has 0 saturated carbocycles. The summed E-state index contributed by atoms with van der Waals surface area (Å²) in [5.41, 5.74) is 0. The third-order valence-electron chi connectivity index (χ3n) is 5.34. The maximum absolute atomic E-state index is 2.42. The molecule has 0 radical (unpaired) electrons. The van der Waals surface area contributed by atoms with Crippen molar-refractivity contribution < 1.29 is 0 Å². The van der Waals surface area contributed by atoms with E-state index in [2.05, 4.69) is 57.1 Å². The molecule has 0 amide bonds. The van der Waals surface area contributed by atoms with Crippen LogP contribution in [-0.4, -0.2) is 25.0 Å². The summed E-state index contributed by atoms with van der Waals surface area (Å²) >= 11 is 0. The molecular weight excluding hydrogens is 314 g/mol. The monoisotopic (exact) mass is 363 g/mol. The van der Waals surface area contributed by atoms with Crippen molar-refractivity contribution in [2.75, 3.05) is 14.1 Å². The second-order valence-corrected chi connectivity index (χ2v) is 8.13. The average molecular weight is 364 g/mol. The number of allylic oxidation sites excluding steroid dienone is 4. The number of rotatable bonds is 19.